The molecule has 0 aliphatic rings. The first-order valence-corrected chi connectivity index (χ1v) is 8.41. The minimum Gasteiger partial charge on any atom is -0.493 e. The van der Waals surface area contributed by atoms with Gasteiger partial charge in [-0.15, -0.1) is 0 Å². The van der Waals surface area contributed by atoms with E-state index in [1.807, 2.05) is 24.3 Å². The van der Waals surface area contributed by atoms with E-state index < -0.39 is 0 Å². The number of amides is 1. The maximum absolute atomic E-state index is 12.0. The molecule has 0 spiro atoms. The quantitative estimate of drug-likeness (QED) is 0.718. The normalized spacial score (nSPS) is 10.5. The van der Waals surface area contributed by atoms with Crippen LogP contribution < -0.4 is 15.4 Å². The maximum atomic E-state index is 12.0. The fraction of sp³-hybridized carbons (Fsp3) is 0.278. The molecule has 0 radical (unpaired) electrons. The minimum absolute atomic E-state index is 0.130. The molecule has 1 amide bonds. The zero-order valence-corrected chi connectivity index (χ0v) is 15.1. The van der Waals surface area contributed by atoms with Gasteiger partial charge in [0.2, 0.25) is 5.91 Å². The molecule has 0 aliphatic carbocycles. The van der Waals surface area contributed by atoms with Gasteiger partial charge >= 0.3 is 0 Å². The molecule has 2 aromatic carbocycles. The Morgan fingerprint density at radius 3 is 2.46 bits per heavy atom. The van der Waals surface area contributed by atoms with E-state index in [2.05, 4.69) is 24.5 Å². The van der Waals surface area contributed by atoms with Gasteiger partial charge in [0.1, 0.15) is 5.75 Å². The van der Waals surface area contributed by atoms with Crippen molar-refractivity contribution in [3.63, 3.8) is 0 Å². The van der Waals surface area contributed by atoms with Crippen molar-refractivity contribution in [2.75, 3.05) is 23.8 Å². The zero-order chi connectivity index (χ0) is 17.5. The Bertz CT molecular complexity index is 688. The van der Waals surface area contributed by atoms with E-state index >= 15 is 0 Å². The topological polar surface area (TPSA) is 50.4 Å². The molecule has 0 saturated carbocycles. The molecule has 24 heavy (non-hydrogen) atoms. The van der Waals surface area contributed by atoms with Crippen LogP contribution in [-0.2, 0) is 4.79 Å². The van der Waals surface area contributed by atoms with E-state index in [-0.39, 0.29) is 12.5 Å². The largest absolute Gasteiger partial charge is 0.493 e. The Balaban J connectivity index is 1.83. The van der Waals surface area contributed by atoms with Gasteiger partial charge in [0.05, 0.1) is 23.9 Å². The molecular weight excluding hydrogens is 347 g/mol. The maximum Gasteiger partial charge on any atom is 0.243 e. The Morgan fingerprint density at radius 1 is 1.12 bits per heavy atom. The van der Waals surface area contributed by atoms with Crippen LogP contribution in [-0.4, -0.2) is 19.1 Å². The summed E-state index contributed by atoms with van der Waals surface area (Å²) in [5, 5.41) is 6.72. The van der Waals surface area contributed by atoms with Crippen LogP contribution in [0.4, 0.5) is 11.4 Å². The van der Waals surface area contributed by atoms with E-state index in [4.69, 9.17) is 27.9 Å². The van der Waals surface area contributed by atoms with Crippen molar-refractivity contribution >= 4 is 40.5 Å². The first-order valence-electron chi connectivity index (χ1n) is 7.65. The first kappa shape index (κ1) is 18.4. The van der Waals surface area contributed by atoms with Gasteiger partial charge in [-0.05, 0) is 48.4 Å². The van der Waals surface area contributed by atoms with Crippen LogP contribution in [0.2, 0.25) is 10.0 Å². The monoisotopic (exact) mass is 366 g/mol. The molecular formula is C18H20Cl2N2O2. The molecule has 0 atom stereocenters. The Labute approximate surface area is 152 Å². The number of carbonyl (C=O) groups excluding carboxylic acids is 1. The van der Waals surface area contributed by atoms with E-state index in [9.17, 15) is 4.79 Å². The highest BCUT2D eigenvalue weighted by molar-refractivity contribution is 6.36. The van der Waals surface area contributed by atoms with E-state index in [0.29, 0.717) is 28.3 Å². The van der Waals surface area contributed by atoms with Crippen molar-refractivity contribution in [1.82, 2.24) is 0 Å². The predicted octanol–water partition coefficient (Wildman–Crippen LogP) is 5.08. The number of anilines is 2. The number of rotatable bonds is 7. The van der Waals surface area contributed by atoms with E-state index in [1.165, 1.54) is 0 Å². The zero-order valence-electron chi connectivity index (χ0n) is 13.6. The lowest BCUT2D eigenvalue weighted by molar-refractivity contribution is -0.114. The molecule has 0 heterocycles. The predicted molar refractivity (Wildman–Crippen MR) is 100 cm³/mol. The van der Waals surface area contributed by atoms with Crippen LogP contribution in [0.3, 0.4) is 0 Å². The lowest BCUT2D eigenvalue weighted by Crippen LogP contribution is -2.21. The number of halogens is 2. The second-order valence-electron chi connectivity index (χ2n) is 5.76. The average molecular weight is 367 g/mol. The third kappa shape index (κ3) is 5.95. The standard InChI is InChI=1S/C18H20Cl2N2O2/c1-12(2)11-24-15-6-4-14(5-7-15)21-10-18(23)22-17-8-3-13(19)9-16(17)20/h3-9,12,21H,10-11H2,1-2H3,(H,22,23). The summed E-state index contributed by atoms with van der Waals surface area (Å²) >= 11 is 11.9. The summed E-state index contributed by atoms with van der Waals surface area (Å²) in [6.45, 7) is 5.01. The highest BCUT2D eigenvalue weighted by Gasteiger charge is 2.06. The molecule has 0 bridgehead atoms. The lowest BCUT2D eigenvalue weighted by Gasteiger charge is -2.11. The summed E-state index contributed by atoms with van der Waals surface area (Å²) in [5.74, 6) is 1.09. The third-order valence-electron chi connectivity index (χ3n) is 3.10. The van der Waals surface area contributed by atoms with Crippen LogP contribution in [0.25, 0.3) is 0 Å². The molecule has 0 unspecified atom stereocenters. The van der Waals surface area contributed by atoms with Crippen molar-refractivity contribution in [3.8, 4) is 5.75 Å². The molecule has 0 aromatic heterocycles. The molecule has 0 fully saturated rings. The fourth-order valence-electron chi connectivity index (χ4n) is 1.90. The van der Waals surface area contributed by atoms with Gasteiger partial charge in [-0.1, -0.05) is 37.0 Å². The van der Waals surface area contributed by atoms with Crippen LogP contribution in [0.1, 0.15) is 13.8 Å². The van der Waals surface area contributed by atoms with Crippen molar-refractivity contribution < 1.29 is 9.53 Å². The molecule has 6 heteroatoms. The number of ether oxygens (including phenoxy) is 1. The summed E-state index contributed by atoms with van der Waals surface area (Å²) in [6, 6.07) is 12.4. The summed E-state index contributed by atoms with van der Waals surface area (Å²) in [6.07, 6.45) is 0. The van der Waals surface area contributed by atoms with Crippen molar-refractivity contribution in [2.45, 2.75) is 13.8 Å². The van der Waals surface area contributed by atoms with Crippen LogP contribution >= 0.6 is 23.2 Å². The molecule has 128 valence electrons. The SMILES string of the molecule is CC(C)COc1ccc(NCC(=O)Nc2ccc(Cl)cc2Cl)cc1. The van der Waals surface area contributed by atoms with Crippen LogP contribution in [0.5, 0.6) is 5.75 Å². The number of nitrogens with one attached hydrogen (secondary N) is 2. The Morgan fingerprint density at radius 2 is 1.83 bits per heavy atom. The number of hydrogen-bond donors (Lipinski definition) is 2. The van der Waals surface area contributed by atoms with Crippen LogP contribution in [0.15, 0.2) is 42.5 Å². The lowest BCUT2D eigenvalue weighted by atomic mass is 10.2. The minimum atomic E-state index is -0.195. The van der Waals surface area contributed by atoms with Gasteiger partial charge < -0.3 is 15.4 Å². The number of hydrogen-bond acceptors (Lipinski definition) is 3. The van der Waals surface area contributed by atoms with E-state index in [1.54, 1.807) is 18.2 Å². The molecule has 2 N–H and O–H groups in total. The van der Waals surface area contributed by atoms with Gasteiger partial charge in [-0.2, -0.15) is 0 Å². The van der Waals surface area contributed by atoms with Gasteiger partial charge in [0.25, 0.3) is 0 Å². The average Bonchev–Trinajstić information content (AvgIpc) is 2.54. The molecule has 0 aliphatic heterocycles. The fourth-order valence-corrected chi connectivity index (χ4v) is 2.36. The smallest absolute Gasteiger partial charge is 0.243 e. The van der Waals surface area contributed by atoms with Gasteiger partial charge in [-0.3, -0.25) is 4.79 Å². The molecule has 4 nitrogen and oxygen atoms in total. The summed E-state index contributed by atoms with van der Waals surface area (Å²) < 4.78 is 5.62. The first-order chi connectivity index (χ1) is 11.4. The van der Waals surface area contributed by atoms with Gasteiger partial charge in [0.15, 0.2) is 0 Å². The highest BCUT2D eigenvalue weighted by Crippen LogP contribution is 2.25. The van der Waals surface area contributed by atoms with Gasteiger partial charge in [-0.25, -0.2) is 0 Å². The second kappa shape index (κ2) is 8.81. The third-order valence-corrected chi connectivity index (χ3v) is 3.64. The summed E-state index contributed by atoms with van der Waals surface area (Å²) in [5.41, 5.74) is 1.37. The summed E-state index contributed by atoms with van der Waals surface area (Å²) in [7, 11) is 0. The molecule has 0 saturated heterocycles. The molecule has 2 rings (SSSR count). The van der Waals surface area contributed by atoms with Crippen LogP contribution in [0, 0.1) is 5.92 Å². The second-order valence-corrected chi connectivity index (χ2v) is 6.60. The molecule has 2 aromatic rings. The Kier molecular flexibility index (Phi) is 6.76. The van der Waals surface area contributed by atoms with Crippen molar-refractivity contribution in [3.05, 3.63) is 52.5 Å². The number of carbonyl (C=O) groups is 1. The Hall–Kier alpha value is -1.91. The van der Waals surface area contributed by atoms with E-state index in [0.717, 1.165) is 11.4 Å². The van der Waals surface area contributed by atoms with Crippen molar-refractivity contribution in [2.24, 2.45) is 5.92 Å². The van der Waals surface area contributed by atoms with Crippen molar-refractivity contribution in [1.29, 1.82) is 0 Å². The highest BCUT2D eigenvalue weighted by atomic mass is 35.5. The number of benzene rings is 2. The van der Waals surface area contributed by atoms with Gasteiger partial charge in [0, 0.05) is 10.7 Å². The summed E-state index contributed by atoms with van der Waals surface area (Å²) in [4.78, 5) is 12.0.